The zero-order valence-electron chi connectivity index (χ0n) is 26.7. The Hall–Kier alpha value is -2.79. The molecule has 1 aliphatic heterocycles. The largest absolute Gasteiger partial charge is 0.597 e. The molecule has 0 saturated heterocycles. The van der Waals surface area contributed by atoms with Gasteiger partial charge in [0.2, 0.25) is 0 Å². The lowest BCUT2D eigenvalue weighted by molar-refractivity contribution is 0.0690. The van der Waals surface area contributed by atoms with Gasteiger partial charge in [0.05, 0.1) is 18.3 Å². The first-order valence-corrected chi connectivity index (χ1v) is 19.0. The summed E-state index contributed by atoms with van der Waals surface area (Å²) in [6, 6.07) is 30.2. The van der Waals surface area contributed by atoms with Crippen LogP contribution in [0.15, 0.2) is 95.5 Å². The van der Waals surface area contributed by atoms with Crippen LogP contribution in [-0.4, -0.2) is 44.6 Å². The first-order valence-electron chi connectivity index (χ1n) is 15.2. The van der Waals surface area contributed by atoms with Crippen molar-refractivity contribution in [3.63, 3.8) is 0 Å². The molecule has 5 rings (SSSR count). The van der Waals surface area contributed by atoms with Crippen molar-refractivity contribution in [3.05, 3.63) is 112 Å². The van der Waals surface area contributed by atoms with E-state index in [1.54, 1.807) is 6.07 Å². The summed E-state index contributed by atoms with van der Waals surface area (Å²) in [5.74, 6) is -1.09. The monoisotopic (exact) mass is 704 g/mol. The minimum atomic E-state index is -2.80. The van der Waals surface area contributed by atoms with Gasteiger partial charge in [-0.1, -0.05) is 109 Å². The molecule has 2 atom stereocenters. The van der Waals surface area contributed by atoms with Gasteiger partial charge in [0.15, 0.2) is 0 Å². The zero-order chi connectivity index (χ0) is 32.6. The van der Waals surface area contributed by atoms with E-state index in [0.717, 1.165) is 21.2 Å². The van der Waals surface area contributed by atoms with Crippen LogP contribution in [0.3, 0.4) is 0 Å². The number of pyridine rings is 1. The van der Waals surface area contributed by atoms with Crippen LogP contribution < -0.4 is 10.4 Å². The van der Waals surface area contributed by atoms with Crippen molar-refractivity contribution in [2.24, 2.45) is 0 Å². The molecule has 45 heavy (non-hydrogen) atoms. The molecule has 2 unspecified atom stereocenters. The second-order valence-electron chi connectivity index (χ2n) is 13.5. The third-order valence-electron chi connectivity index (χ3n) is 8.33. The van der Waals surface area contributed by atoms with Crippen LogP contribution in [0.4, 0.5) is 0 Å². The van der Waals surface area contributed by atoms with Gasteiger partial charge in [0.1, 0.15) is 10.4 Å². The molecule has 0 bridgehead atoms. The average Bonchev–Trinajstić information content (AvgIpc) is 3.36. The summed E-state index contributed by atoms with van der Waals surface area (Å²) in [5, 5.41) is 12.2. The number of carboxylic acids is 1. The molecule has 0 spiro atoms. The lowest BCUT2D eigenvalue weighted by Gasteiger charge is -2.43. The first-order chi connectivity index (χ1) is 21.2. The Kier molecular flexibility index (Phi) is 9.80. The minimum Gasteiger partial charge on any atom is -0.597 e. The predicted molar refractivity (Wildman–Crippen MR) is 189 cm³/mol. The molecule has 0 aliphatic carbocycles. The van der Waals surface area contributed by atoms with Crippen LogP contribution in [-0.2, 0) is 22.3 Å². The number of halogens is 1. The van der Waals surface area contributed by atoms with Crippen LogP contribution in [0.1, 0.15) is 75.6 Å². The number of aromatic carboxylic acids is 1. The third kappa shape index (κ3) is 6.70. The van der Waals surface area contributed by atoms with Crippen LogP contribution in [0.2, 0.25) is 5.04 Å². The summed E-state index contributed by atoms with van der Waals surface area (Å²) >= 11 is 2.21. The zero-order valence-corrected chi connectivity index (χ0v) is 30.1. The fourth-order valence-corrected chi connectivity index (χ4v) is 12.8. The number of fused-ring (bicyclic) bond motifs is 1. The number of nitrogens with zero attached hydrogens (tertiary/aromatic N) is 2. The fraction of sp³-hybridized carbons (Fsp3) is 0.333. The summed E-state index contributed by atoms with van der Waals surface area (Å²) in [6.45, 7) is 13.5. The van der Waals surface area contributed by atoms with Crippen LogP contribution in [0.25, 0.3) is 11.3 Å². The van der Waals surface area contributed by atoms with Crippen LogP contribution in [0.5, 0.6) is 0 Å². The number of hydrogen-bond acceptors (Lipinski definition) is 5. The summed E-state index contributed by atoms with van der Waals surface area (Å²) < 4.78 is 23.7. The van der Waals surface area contributed by atoms with E-state index in [-0.39, 0.29) is 16.8 Å². The fourth-order valence-electron chi connectivity index (χ4n) is 6.40. The first kappa shape index (κ1) is 33.6. The topological polar surface area (TPSA) is 85.7 Å². The van der Waals surface area contributed by atoms with Gasteiger partial charge >= 0.3 is 5.97 Å². The maximum absolute atomic E-state index is 14.1. The Labute approximate surface area is 279 Å². The summed E-state index contributed by atoms with van der Waals surface area (Å²) in [6.07, 6.45) is 0.564. The van der Waals surface area contributed by atoms with Crippen molar-refractivity contribution >= 4 is 52.0 Å². The molecule has 0 fully saturated rings. The molecule has 1 aliphatic rings. The van der Waals surface area contributed by atoms with E-state index in [0.29, 0.717) is 25.3 Å². The summed E-state index contributed by atoms with van der Waals surface area (Å²) in [4.78, 5) is 16.9. The Bertz CT molecular complexity index is 1620. The smallest absolute Gasteiger partial charge is 0.354 e. The molecule has 1 N–H and O–H groups in total. The van der Waals surface area contributed by atoms with E-state index in [1.165, 1.54) is 10.4 Å². The van der Waals surface area contributed by atoms with Crippen molar-refractivity contribution < 1.29 is 18.9 Å². The third-order valence-corrected chi connectivity index (χ3v) is 15.7. The number of aromatic nitrogens is 1. The van der Waals surface area contributed by atoms with E-state index >= 15 is 0 Å². The highest BCUT2D eigenvalue weighted by Crippen LogP contribution is 2.46. The molecular weight excluding hydrogens is 664 g/mol. The van der Waals surface area contributed by atoms with Gasteiger partial charge < -0.3 is 14.1 Å². The molecule has 0 amide bonds. The van der Waals surface area contributed by atoms with Gasteiger partial charge in [-0.05, 0) is 66.4 Å². The maximum atomic E-state index is 14.1. The van der Waals surface area contributed by atoms with Crippen LogP contribution >= 0.6 is 15.9 Å². The minimum absolute atomic E-state index is 0.0190. The van der Waals surface area contributed by atoms with Crippen molar-refractivity contribution in [2.45, 2.75) is 70.3 Å². The van der Waals surface area contributed by atoms with E-state index in [2.05, 4.69) is 90.2 Å². The van der Waals surface area contributed by atoms with Crippen molar-refractivity contribution in [3.8, 4) is 11.3 Å². The average molecular weight is 706 g/mol. The quantitative estimate of drug-likeness (QED) is 0.144. The Morgan fingerprint density at radius 3 is 2.09 bits per heavy atom. The second kappa shape index (κ2) is 13.1. The second-order valence-corrected chi connectivity index (χ2v) is 20.9. The normalized spacial score (nSPS) is 16.4. The van der Waals surface area contributed by atoms with Gasteiger partial charge in [-0.25, -0.2) is 9.78 Å². The highest BCUT2D eigenvalue weighted by atomic mass is 79.9. The number of carbonyl (C=O) groups is 1. The van der Waals surface area contributed by atoms with Crippen molar-refractivity contribution in [2.75, 3.05) is 6.61 Å². The molecule has 0 saturated carbocycles. The Balaban J connectivity index is 1.62. The van der Waals surface area contributed by atoms with E-state index in [1.807, 2.05) is 61.5 Å². The maximum Gasteiger partial charge on any atom is 0.354 e. The number of benzene rings is 3. The van der Waals surface area contributed by atoms with Gasteiger partial charge in [-0.3, -0.25) is 0 Å². The van der Waals surface area contributed by atoms with Gasteiger partial charge in [0.25, 0.3) is 8.32 Å². The number of hydrogen-bond donors (Lipinski definition) is 1. The number of carboxylic acid groups (broad SMARTS) is 1. The van der Waals surface area contributed by atoms with Crippen LogP contribution in [0, 0.1) is 0 Å². The predicted octanol–water partition coefficient (Wildman–Crippen LogP) is 7.49. The lowest BCUT2D eigenvalue weighted by atomic mass is 9.96. The highest BCUT2D eigenvalue weighted by molar-refractivity contribution is 9.10. The molecule has 9 heteroatoms. The van der Waals surface area contributed by atoms with E-state index < -0.39 is 30.4 Å². The SMILES string of the molecule is CC(C)(C)[S+]([O-])N1Cc2cc(C(=O)O)nc(-c3cccc(Br)c3)c2C1CCO[Si](c1ccccc1)(c1ccccc1)C(C)(C)C. The van der Waals surface area contributed by atoms with Crippen molar-refractivity contribution in [1.29, 1.82) is 0 Å². The summed E-state index contributed by atoms with van der Waals surface area (Å²) in [7, 11) is -2.80. The van der Waals surface area contributed by atoms with Crippen molar-refractivity contribution in [1.82, 2.24) is 9.29 Å². The highest BCUT2D eigenvalue weighted by Gasteiger charge is 2.51. The molecule has 4 aromatic rings. The molecule has 1 aromatic heterocycles. The standard InChI is InChI=1S/C36H41BrN2O4SSi/c1-35(2,3)44(42)39-24-26-23-30(34(40)41)38-33(25-14-13-15-27(37)22-25)32(26)31(39)20-21-43-45(36(4,5)6,28-16-9-7-10-17-28)29-18-11-8-12-19-29/h7-19,22-23,31H,20-21,24H2,1-6H3,(H,40,41). The summed E-state index contributed by atoms with van der Waals surface area (Å²) in [5.41, 5.74) is 3.15. The Morgan fingerprint density at radius 2 is 1.58 bits per heavy atom. The van der Waals surface area contributed by atoms with Gasteiger partial charge in [0, 0.05) is 33.6 Å². The molecule has 236 valence electrons. The van der Waals surface area contributed by atoms with Gasteiger partial charge in [-0.15, -0.1) is 4.31 Å². The molecule has 6 nitrogen and oxygen atoms in total. The van der Waals surface area contributed by atoms with E-state index in [4.69, 9.17) is 4.43 Å². The molecule has 2 heterocycles. The van der Waals surface area contributed by atoms with Gasteiger partial charge in [-0.2, -0.15) is 0 Å². The molecule has 0 radical (unpaired) electrons. The number of rotatable bonds is 9. The van der Waals surface area contributed by atoms with E-state index in [9.17, 15) is 14.5 Å². The molecular formula is C36H41BrN2O4SSi. The lowest BCUT2D eigenvalue weighted by Crippen LogP contribution is -2.66. The molecule has 3 aromatic carbocycles. The Morgan fingerprint density at radius 1 is 0.978 bits per heavy atom.